The molecule has 0 aliphatic rings. The highest BCUT2D eigenvalue weighted by atomic mass is 32.2. The number of rotatable bonds is 4. The Morgan fingerprint density at radius 1 is 1.05 bits per heavy atom. The van der Waals surface area contributed by atoms with Crippen LogP contribution >= 0.6 is 23.5 Å². The van der Waals surface area contributed by atoms with E-state index in [2.05, 4.69) is 26.0 Å². The summed E-state index contributed by atoms with van der Waals surface area (Å²) in [7, 11) is 0. The summed E-state index contributed by atoms with van der Waals surface area (Å²) >= 11 is 2.96. The fourth-order valence-corrected chi connectivity index (χ4v) is 3.63. The van der Waals surface area contributed by atoms with E-state index in [1.54, 1.807) is 0 Å². The minimum absolute atomic E-state index is 0.392. The fourth-order valence-electron chi connectivity index (χ4n) is 1.88. The number of thioether (sulfide) groups is 1. The predicted molar refractivity (Wildman–Crippen MR) is 85.2 cm³/mol. The molecule has 0 aromatic heterocycles. The molecular weight excluding hydrogens is 288 g/mol. The molecule has 0 bridgehead atoms. The van der Waals surface area contributed by atoms with E-state index in [0.717, 1.165) is 14.7 Å². The molecule has 2 rings (SSSR count). The van der Waals surface area contributed by atoms with E-state index < -0.39 is 5.97 Å². The van der Waals surface area contributed by atoms with Gasteiger partial charge in [-0.25, -0.2) is 4.79 Å². The number of hydrogen-bond donors (Lipinski definition) is 1. The molecule has 0 spiro atoms. The second-order valence-corrected chi connectivity index (χ2v) is 6.45. The van der Waals surface area contributed by atoms with E-state index in [4.69, 9.17) is 0 Å². The highest BCUT2D eigenvalue weighted by Gasteiger charge is 2.15. The summed E-state index contributed by atoms with van der Waals surface area (Å²) in [6.07, 6.45) is 1.90. The average molecular weight is 304 g/mol. The van der Waals surface area contributed by atoms with Gasteiger partial charge in [0.1, 0.15) is 0 Å². The Morgan fingerprint density at radius 3 is 2.35 bits per heavy atom. The number of aryl methyl sites for hydroxylation is 2. The van der Waals surface area contributed by atoms with E-state index in [1.165, 1.54) is 34.7 Å². The highest BCUT2D eigenvalue weighted by Crippen LogP contribution is 2.35. The maximum Gasteiger partial charge on any atom is 0.337 e. The molecule has 0 saturated heterocycles. The number of aromatic carboxylic acids is 1. The monoisotopic (exact) mass is 304 g/mol. The van der Waals surface area contributed by atoms with Crippen LogP contribution in [-0.2, 0) is 0 Å². The van der Waals surface area contributed by atoms with Gasteiger partial charge in [0.2, 0.25) is 0 Å². The van der Waals surface area contributed by atoms with Crippen LogP contribution in [0.25, 0.3) is 0 Å². The predicted octanol–water partition coefficient (Wildman–Crippen LogP) is 4.87. The fraction of sp³-hybridized carbons (Fsp3) is 0.188. The van der Waals surface area contributed by atoms with Gasteiger partial charge in [-0.2, -0.15) is 0 Å². The van der Waals surface area contributed by atoms with Crippen LogP contribution in [0.5, 0.6) is 0 Å². The number of carboxylic acid groups (broad SMARTS) is 1. The Balaban J connectivity index is 2.42. The van der Waals surface area contributed by atoms with Crippen molar-refractivity contribution < 1.29 is 9.90 Å². The van der Waals surface area contributed by atoms with Gasteiger partial charge in [0, 0.05) is 14.7 Å². The third-order valence-electron chi connectivity index (χ3n) is 3.13. The molecule has 2 nitrogen and oxygen atoms in total. The summed E-state index contributed by atoms with van der Waals surface area (Å²) in [5, 5.41) is 9.43. The molecule has 0 aliphatic heterocycles. The van der Waals surface area contributed by atoms with Crippen LogP contribution in [0.1, 0.15) is 21.5 Å². The van der Waals surface area contributed by atoms with Gasteiger partial charge in [0.05, 0.1) is 5.56 Å². The first-order valence-electron chi connectivity index (χ1n) is 6.18. The van der Waals surface area contributed by atoms with Crippen molar-refractivity contribution in [1.29, 1.82) is 0 Å². The molecule has 0 aliphatic carbocycles. The molecule has 1 N–H and O–H groups in total. The van der Waals surface area contributed by atoms with Crippen LogP contribution in [0.15, 0.2) is 51.1 Å². The molecule has 20 heavy (non-hydrogen) atoms. The smallest absolute Gasteiger partial charge is 0.337 e. The zero-order chi connectivity index (χ0) is 14.7. The average Bonchev–Trinajstić information content (AvgIpc) is 2.42. The van der Waals surface area contributed by atoms with Gasteiger partial charge in [-0.3, -0.25) is 0 Å². The van der Waals surface area contributed by atoms with Gasteiger partial charge in [0.25, 0.3) is 0 Å². The van der Waals surface area contributed by atoms with Gasteiger partial charge in [-0.15, -0.1) is 11.8 Å². The summed E-state index contributed by atoms with van der Waals surface area (Å²) in [4.78, 5) is 14.1. The Labute approximate surface area is 127 Å². The van der Waals surface area contributed by atoms with Crippen molar-refractivity contribution in [3.8, 4) is 0 Å². The first-order valence-corrected chi connectivity index (χ1v) is 8.22. The highest BCUT2D eigenvalue weighted by molar-refractivity contribution is 8.00. The standard InChI is InChI=1S/C16H16O2S2/c1-10-7-8-12(9-11(10)2)20-14-6-4-5-13(19-3)15(14)16(17)18/h4-9H,1-3H3,(H,17,18). The Kier molecular flexibility index (Phi) is 4.78. The summed E-state index contributed by atoms with van der Waals surface area (Å²) in [5.41, 5.74) is 2.85. The minimum atomic E-state index is -0.874. The van der Waals surface area contributed by atoms with Crippen LogP contribution in [-0.4, -0.2) is 17.3 Å². The maximum atomic E-state index is 11.5. The Morgan fingerprint density at radius 2 is 1.75 bits per heavy atom. The Bertz CT molecular complexity index is 651. The van der Waals surface area contributed by atoms with Crippen LogP contribution < -0.4 is 0 Å². The van der Waals surface area contributed by atoms with Crippen molar-refractivity contribution in [3.05, 3.63) is 53.1 Å². The maximum absolute atomic E-state index is 11.5. The van der Waals surface area contributed by atoms with E-state index in [-0.39, 0.29) is 0 Å². The number of hydrogen-bond acceptors (Lipinski definition) is 3. The summed E-state index contributed by atoms with van der Waals surface area (Å²) < 4.78 is 0. The topological polar surface area (TPSA) is 37.3 Å². The lowest BCUT2D eigenvalue weighted by molar-refractivity contribution is 0.0689. The van der Waals surface area contributed by atoms with E-state index >= 15 is 0 Å². The van der Waals surface area contributed by atoms with Gasteiger partial charge < -0.3 is 5.11 Å². The van der Waals surface area contributed by atoms with Crippen molar-refractivity contribution in [3.63, 3.8) is 0 Å². The molecule has 2 aromatic carbocycles. The number of benzene rings is 2. The normalized spacial score (nSPS) is 10.6. The lowest BCUT2D eigenvalue weighted by Crippen LogP contribution is -2.01. The van der Waals surface area contributed by atoms with Crippen molar-refractivity contribution in [2.24, 2.45) is 0 Å². The second-order valence-electron chi connectivity index (χ2n) is 4.49. The van der Waals surface area contributed by atoms with E-state index in [1.807, 2.05) is 30.5 Å². The van der Waals surface area contributed by atoms with Crippen molar-refractivity contribution >= 4 is 29.5 Å². The Hall–Kier alpha value is -1.39. The molecule has 0 saturated carbocycles. The molecule has 0 heterocycles. The van der Waals surface area contributed by atoms with Crippen molar-refractivity contribution in [1.82, 2.24) is 0 Å². The van der Waals surface area contributed by atoms with E-state index in [0.29, 0.717) is 5.56 Å². The molecule has 0 atom stereocenters. The zero-order valence-corrected chi connectivity index (χ0v) is 13.3. The van der Waals surface area contributed by atoms with Gasteiger partial charge >= 0.3 is 5.97 Å². The minimum Gasteiger partial charge on any atom is -0.478 e. The molecule has 0 amide bonds. The summed E-state index contributed by atoms with van der Waals surface area (Å²) in [6, 6.07) is 11.8. The molecule has 0 unspecified atom stereocenters. The lowest BCUT2D eigenvalue weighted by Gasteiger charge is -2.10. The molecule has 0 fully saturated rings. The first-order chi connectivity index (χ1) is 9.52. The zero-order valence-electron chi connectivity index (χ0n) is 11.6. The quantitative estimate of drug-likeness (QED) is 0.817. The van der Waals surface area contributed by atoms with Crippen LogP contribution in [0.3, 0.4) is 0 Å². The van der Waals surface area contributed by atoms with Crippen LogP contribution in [0, 0.1) is 13.8 Å². The third-order valence-corrected chi connectivity index (χ3v) is 4.96. The van der Waals surface area contributed by atoms with Gasteiger partial charge in [0.15, 0.2) is 0 Å². The van der Waals surface area contributed by atoms with Crippen molar-refractivity contribution in [2.45, 2.75) is 28.5 Å². The largest absolute Gasteiger partial charge is 0.478 e. The molecule has 104 valence electrons. The number of carbonyl (C=O) groups is 1. The van der Waals surface area contributed by atoms with Gasteiger partial charge in [-0.1, -0.05) is 23.9 Å². The first kappa shape index (κ1) is 15.0. The SMILES string of the molecule is CSc1cccc(Sc2ccc(C)c(C)c2)c1C(=O)O. The second kappa shape index (κ2) is 6.37. The van der Waals surface area contributed by atoms with Crippen molar-refractivity contribution in [2.75, 3.05) is 6.26 Å². The van der Waals surface area contributed by atoms with E-state index in [9.17, 15) is 9.90 Å². The third kappa shape index (κ3) is 3.19. The van der Waals surface area contributed by atoms with Crippen LogP contribution in [0.2, 0.25) is 0 Å². The molecule has 4 heteroatoms. The van der Waals surface area contributed by atoms with Gasteiger partial charge in [-0.05, 0) is 55.5 Å². The summed E-state index contributed by atoms with van der Waals surface area (Å²) in [6.45, 7) is 4.14. The molecule has 2 aromatic rings. The molecular formula is C16H16O2S2. The van der Waals surface area contributed by atoms with Crippen LogP contribution in [0.4, 0.5) is 0 Å². The lowest BCUT2D eigenvalue weighted by atomic mass is 10.1. The molecule has 0 radical (unpaired) electrons. The number of carboxylic acids is 1. The summed E-state index contributed by atoms with van der Waals surface area (Å²) in [5.74, 6) is -0.874.